The van der Waals surface area contributed by atoms with E-state index in [0.29, 0.717) is 0 Å². The smallest absolute Gasteiger partial charge is 0.00203 e. The average molecular weight is 555 g/mol. The lowest BCUT2D eigenvalue weighted by Crippen LogP contribution is -1.92. The van der Waals surface area contributed by atoms with Crippen LogP contribution in [0.25, 0.3) is 97.7 Å². The molecule has 0 bridgehead atoms. The molecule has 202 valence electrons. The summed E-state index contributed by atoms with van der Waals surface area (Å²) in [4.78, 5) is 0. The van der Waals surface area contributed by atoms with E-state index in [0.717, 1.165) is 0 Å². The highest BCUT2D eigenvalue weighted by Gasteiger charge is 2.19. The summed E-state index contributed by atoms with van der Waals surface area (Å²) in [5, 5.41) is 18.2. The first-order chi connectivity index (χ1) is 21.8. The first-order valence-electron chi connectivity index (χ1n) is 15.4. The lowest BCUT2D eigenvalue weighted by molar-refractivity contribution is 1.71. The molecule has 0 saturated carbocycles. The Bertz CT molecular complexity index is 2460. The zero-order valence-corrected chi connectivity index (χ0v) is 24.0. The second-order valence-corrected chi connectivity index (χ2v) is 12.0. The maximum atomic E-state index is 2.35. The van der Waals surface area contributed by atoms with Gasteiger partial charge in [0, 0.05) is 0 Å². The molecule has 0 saturated heterocycles. The van der Waals surface area contributed by atoms with Crippen molar-refractivity contribution >= 4 is 75.4 Å². The van der Waals surface area contributed by atoms with E-state index >= 15 is 0 Å². The van der Waals surface area contributed by atoms with Gasteiger partial charge in [0.2, 0.25) is 0 Å². The zero-order chi connectivity index (χ0) is 28.8. The molecule has 10 rings (SSSR count). The zero-order valence-electron chi connectivity index (χ0n) is 24.0. The van der Waals surface area contributed by atoms with Crippen molar-refractivity contribution in [3.05, 3.63) is 158 Å². The van der Waals surface area contributed by atoms with Gasteiger partial charge in [0.25, 0.3) is 0 Å². The van der Waals surface area contributed by atoms with Crippen molar-refractivity contribution in [1.82, 2.24) is 0 Å². The molecular weight excluding hydrogens is 528 g/mol. The van der Waals surface area contributed by atoms with Crippen molar-refractivity contribution in [1.29, 1.82) is 0 Å². The highest BCUT2D eigenvalue weighted by atomic mass is 14.2. The van der Waals surface area contributed by atoms with Gasteiger partial charge in [-0.3, -0.25) is 0 Å². The Kier molecular flexibility index (Phi) is 4.81. The molecule has 0 aliphatic heterocycles. The summed E-state index contributed by atoms with van der Waals surface area (Å²) in [7, 11) is 0. The monoisotopic (exact) mass is 554 g/mol. The molecule has 0 aliphatic carbocycles. The molecule has 0 heterocycles. The predicted octanol–water partition coefficient (Wildman–Crippen LogP) is 12.5. The third-order valence-corrected chi connectivity index (χ3v) is 9.75. The van der Waals surface area contributed by atoms with Crippen molar-refractivity contribution < 1.29 is 0 Å². The van der Waals surface area contributed by atoms with Gasteiger partial charge >= 0.3 is 0 Å². The van der Waals surface area contributed by atoms with Crippen LogP contribution in [-0.4, -0.2) is 0 Å². The van der Waals surface area contributed by atoms with Crippen LogP contribution in [0, 0.1) is 0 Å². The number of fused-ring (bicyclic) bond motifs is 4. The SMILES string of the molecule is c1ccc2c(-c3ccc4ccc5c(-c6c7ccccc7cc7ccccc67)ccc6ccc3c4c65)c3ccccc3cc2c1. The van der Waals surface area contributed by atoms with Crippen LogP contribution >= 0.6 is 0 Å². The molecule has 44 heavy (non-hydrogen) atoms. The highest BCUT2D eigenvalue weighted by Crippen LogP contribution is 2.47. The van der Waals surface area contributed by atoms with E-state index in [1.54, 1.807) is 0 Å². The Morgan fingerprint density at radius 2 is 0.545 bits per heavy atom. The Hall–Kier alpha value is -5.72. The average Bonchev–Trinajstić information content (AvgIpc) is 3.08. The minimum absolute atomic E-state index is 1.28. The van der Waals surface area contributed by atoms with E-state index < -0.39 is 0 Å². The van der Waals surface area contributed by atoms with Crippen LogP contribution in [0.4, 0.5) is 0 Å². The van der Waals surface area contributed by atoms with Gasteiger partial charge in [-0.25, -0.2) is 0 Å². The highest BCUT2D eigenvalue weighted by molar-refractivity contribution is 6.30. The van der Waals surface area contributed by atoms with Gasteiger partial charge in [0.15, 0.2) is 0 Å². The van der Waals surface area contributed by atoms with Gasteiger partial charge in [-0.05, 0) is 110 Å². The van der Waals surface area contributed by atoms with Crippen LogP contribution in [0.5, 0.6) is 0 Å². The number of hydrogen-bond donors (Lipinski definition) is 0. The van der Waals surface area contributed by atoms with Crippen LogP contribution in [0.3, 0.4) is 0 Å². The van der Waals surface area contributed by atoms with Crippen LogP contribution < -0.4 is 0 Å². The fraction of sp³-hybridized carbons (Fsp3) is 0. The molecular formula is C44H26. The van der Waals surface area contributed by atoms with Crippen LogP contribution in [0.15, 0.2) is 158 Å². The third kappa shape index (κ3) is 3.23. The molecule has 0 aliphatic rings. The lowest BCUT2D eigenvalue weighted by Gasteiger charge is -2.19. The van der Waals surface area contributed by atoms with E-state index in [9.17, 15) is 0 Å². The van der Waals surface area contributed by atoms with Gasteiger partial charge in [-0.15, -0.1) is 0 Å². The van der Waals surface area contributed by atoms with Gasteiger partial charge in [-0.1, -0.05) is 146 Å². The Labute approximate surface area is 254 Å². The van der Waals surface area contributed by atoms with E-state index in [2.05, 4.69) is 158 Å². The standard InChI is InChI=1S/C44H26/c1-5-13-33-29(9-1)25-30-10-2-6-14-34(30)43(33)39-23-19-27-18-22-38-40(24-20-28-17-21-37(39)41(27)42(28)38)44-35-15-7-3-11-31(35)26-32-12-4-8-16-36(32)44/h1-26H. The van der Waals surface area contributed by atoms with E-state index in [1.165, 1.54) is 97.7 Å². The van der Waals surface area contributed by atoms with Crippen molar-refractivity contribution in [2.45, 2.75) is 0 Å². The normalized spacial score (nSPS) is 12.1. The summed E-state index contributed by atoms with van der Waals surface area (Å²) < 4.78 is 0. The van der Waals surface area contributed by atoms with Crippen molar-refractivity contribution in [2.24, 2.45) is 0 Å². The third-order valence-electron chi connectivity index (χ3n) is 9.75. The fourth-order valence-corrected chi connectivity index (χ4v) is 7.84. The summed E-state index contributed by atoms with van der Waals surface area (Å²) in [5.41, 5.74) is 5.22. The molecule has 0 fully saturated rings. The molecule has 10 aromatic rings. The molecule has 0 unspecified atom stereocenters. The summed E-state index contributed by atoms with van der Waals surface area (Å²) >= 11 is 0. The van der Waals surface area contributed by atoms with Gasteiger partial charge in [0.1, 0.15) is 0 Å². The molecule has 0 heteroatoms. The first-order valence-corrected chi connectivity index (χ1v) is 15.4. The van der Waals surface area contributed by atoms with Crippen LogP contribution in [0.1, 0.15) is 0 Å². The quantitative estimate of drug-likeness (QED) is 0.147. The summed E-state index contributed by atoms with van der Waals surface area (Å²) in [5.74, 6) is 0. The number of benzene rings is 10. The predicted molar refractivity (Wildman–Crippen MR) is 191 cm³/mol. The fourth-order valence-electron chi connectivity index (χ4n) is 7.84. The van der Waals surface area contributed by atoms with E-state index in [-0.39, 0.29) is 0 Å². The summed E-state index contributed by atoms with van der Waals surface area (Å²) in [6, 6.07) is 58.6. The lowest BCUT2D eigenvalue weighted by atomic mass is 9.84. The molecule has 0 aromatic heterocycles. The minimum atomic E-state index is 1.28. The molecule has 0 amide bonds. The second-order valence-electron chi connectivity index (χ2n) is 12.0. The maximum absolute atomic E-state index is 2.35. The van der Waals surface area contributed by atoms with Crippen molar-refractivity contribution in [3.63, 3.8) is 0 Å². The van der Waals surface area contributed by atoms with Crippen LogP contribution in [0.2, 0.25) is 0 Å². The summed E-state index contributed by atoms with van der Waals surface area (Å²) in [6.45, 7) is 0. The number of hydrogen-bond acceptors (Lipinski definition) is 0. The molecule has 0 radical (unpaired) electrons. The molecule has 0 N–H and O–H groups in total. The Balaban J connectivity index is 1.36. The molecule has 0 atom stereocenters. The van der Waals surface area contributed by atoms with Gasteiger partial charge in [0.05, 0.1) is 0 Å². The maximum Gasteiger partial charge on any atom is -0.00203 e. The molecule has 0 spiro atoms. The van der Waals surface area contributed by atoms with E-state index in [1.807, 2.05) is 0 Å². The Morgan fingerprint density at radius 1 is 0.227 bits per heavy atom. The Morgan fingerprint density at radius 3 is 0.909 bits per heavy atom. The van der Waals surface area contributed by atoms with Crippen molar-refractivity contribution in [3.8, 4) is 22.3 Å². The molecule has 0 nitrogen and oxygen atoms in total. The van der Waals surface area contributed by atoms with Crippen molar-refractivity contribution in [2.75, 3.05) is 0 Å². The minimum Gasteiger partial charge on any atom is -0.0616 e. The van der Waals surface area contributed by atoms with Gasteiger partial charge in [-0.2, -0.15) is 0 Å². The largest absolute Gasteiger partial charge is 0.0616 e. The van der Waals surface area contributed by atoms with Crippen LogP contribution in [-0.2, 0) is 0 Å². The topological polar surface area (TPSA) is 0 Å². The molecule has 10 aromatic carbocycles. The summed E-state index contributed by atoms with van der Waals surface area (Å²) in [6.07, 6.45) is 0. The second kappa shape index (κ2) is 8.89. The van der Waals surface area contributed by atoms with E-state index in [4.69, 9.17) is 0 Å². The number of rotatable bonds is 2. The van der Waals surface area contributed by atoms with Gasteiger partial charge < -0.3 is 0 Å². The first kappa shape index (κ1) is 23.8.